The van der Waals surface area contributed by atoms with Crippen LogP contribution in [0.1, 0.15) is 35.3 Å². The number of fused-ring (bicyclic) bond motifs is 1. The Kier molecular flexibility index (Phi) is 8.26. The fourth-order valence-corrected chi connectivity index (χ4v) is 3.86. The maximum absolute atomic E-state index is 13.2. The summed E-state index contributed by atoms with van der Waals surface area (Å²) in [6.07, 6.45) is 1.56. The number of nitrogens with zero attached hydrogens (tertiary/aromatic N) is 1. The number of hydrogen-bond donors (Lipinski definition) is 2. The van der Waals surface area contributed by atoms with Crippen LogP contribution in [0.5, 0.6) is 5.75 Å². The van der Waals surface area contributed by atoms with Gasteiger partial charge in [0.05, 0.1) is 6.21 Å². The first-order chi connectivity index (χ1) is 17.9. The first-order valence-electron chi connectivity index (χ1n) is 12.0. The molecule has 37 heavy (non-hydrogen) atoms. The fourth-order valence-electron chi connectivity index (χ4n) is 3.86. The van der Waals surface area contributed by atoms with Crippen molar-refractivity contribution in [2.45, 2.75) is 26.5 Å². The first-order valence-corrected chi connectivity index (χ1v) is 12.0. The van der Waals surface area contributed by atoms with Gasteiger partial charge in [-0.05, 0) is 52.6 Å². The predicted octanol–water partition coefficient (Wildman–Crippen LogP) is 5.46. The molecular weight excluding hydrogens is 469 g/mol. The van der Waals surface area contributed by atoms with E-state index in [4.69, 9.17) is 4.74 Å². The van der Waals surface area contributed by atoms with Crippen molar-refractivity contribution in [3.8, 4) is 5.75 Å². The highest BCUT2D eigenvalue weighted by molar-refractivity contribution is 6.03. The van der Waals surface area contributed by atoms with E-state index in [1.807, 2.05) is 80.6 Å². The van der Waals surface area contributed by atoms with Gasteiger partial charge in [-0.15, -0.1) is 0 Å². The second-order valence-corrected chi connectivity index (χ2v) is 8.91. The fraction of sp³-hybridized carbons (Fsp3) is 0.167. The van der Waals surface area contributed by atoms with Crippen LogP contribution < -0.4 is 15.5 Å². The Morgan fingerprint density at radius 3 is 2.35 bits per heavy atom. The minimum absolute atomic E-state index is 0.207. The molecule has 4 rings (SSSR count). The average molecular weight is 498 g/mol. The Morgan fingerprint density at radius 1 is 0.919 bits per heavy atom. The normalized spacial score (nSPS) is 12.0. The number of ether oxygens (including phenoxy) is 1. The van der Waals surface area contributed by atoms with Gasteiger partial charge in [0.15, 0.2) is 0 Å². The van der Waals surface area contributed by atoms with Crippen molar-refractivity contribution in [1.29, 1.82) is 0 Å². The zero-order valence-corrected chi connectivity index (χ0v) is 20.6. The van der Waals surface area contributed by atoms with Crippen LogP contribution in [0.4, 0.5) is 4.39 Å². The minimum atomic E-state index is -0.837. The van der Waals surface area contributed by atoms with E-state index < -0.39 is 23.7 Å². The number of nitrogens with one attached hydrogen (secondary N) is 2. The lowest BCUT2D eigenvalue weighted by Gasteiger charge is -2.20. The summed E-state index contributed by atoms with van der Waals surface area (Å²) in [5, 5.41) is 8.84. The van der Waals surface area contributed by atoms with E-state index in [-0.39, 0.29) is 11.5 Å². The van der Waals surface area contributed by atoms with E-state index in [9.17, 15) is 14.0 Å². The molecule has 1 atom stereocenters. The maximum atomic E-state index is 13.2. The summed E-state index contributed by atoms with van der Waals surface area (Å²) in [4.78, 5) is 25.5. The lowest BCUT2D eigenvalue weighted by atomic mass is 10.0. The summed E-state index contributed by atoms with van der Waals surface area (Å²) >= 11 is 0. The van der Waals surface area contributed by atoms with E-state index >= 15 is 0 Å². The zero-order valence-electron chi connectivity index (χ0n) is 20.6. The van der Waals surface area contributed by atoms with Gasteiger partial charge in [-0.1, -0.05) is 74.5 Å². The Bertz CT molecular complexity index is 1400. The van der Waals surface area contributed by atoms with Gasteiger partial charge in [-0.3, -0.25) is 9.59 Å². The molecule has 0 heterocycles. The second-order valence-electron chi connectivity index (χ2n) is 8.91. The second kappa shape index (κ2) is 11.9. The maximum Gasteiger partial charge on any atom is 0.262 e. The molecule has 0 aliphatic carbocycles. The summed E-state index contributed by atoms with van der Waals surface area (Å²) in [5.74, 6) is -0.950. The smallest absolute Gasteiger partial charge is 0.262 e. The zero-order chi connectivity index (χ0) is 26.2. The lowest BCUT2D eigenvalue weighted by molar-refractivity contribution is -0.123. The molecule has 0 aliphatic heterocycles. The number of carbonyl (C=O) groups is 2. The molecule has 0 bridgehead atoms. The highest BCUT2D eigenvalue weighted by Crippen LogP contribution is 2.27. The molecular formula is C30H28FN3O3. The molecule has 0 aliphatic rings. The van der Waals surface area contributed by atoms with Crippen molar-refractivity contribution in [2.75, 3.05) is 0 Å². The standard InChI is InChI=1S/C30H28FN3O3/c1-20(2)28(33-29(35)23-12-15-24(31)16-13-23)30(36)34-32-18-26-25-11-7-6-10-22(25)14-17-27(26)37-19-21-8-4-3-5-9-21/h3-18,20,28H,19H2,1-2H3,(H,33,35)(H,34,36)/b32-18+. The molecule has 0 aromatic heterocycles. The van der Waals surface area contributed by atoms with Crippen molar-refractivity contribution >= 4 is 28.8 Å². The van der Waals surface area contributed by atoms with E-state index in [1.54, 1.807) is 6.21 Å². The number of halogens is 1. The minimum Gasteiger partial charge on any atom is -0.488 e. The molecule has 7 heteroatoms. The SMILES string of the molecule is CC(C)C(NC(=O)c1ccc(F)cc1)C(=O)N/N=C/c1c(OCc2ccccc2)ccc2ccccc12. The summed E-state index contributed by atoms with van der Waals surface area (Å²) in [7, 11) is 0. The van der Waals surface area contributed by atoms with E-state index in [0.29, 0.717) is 12.4 Å². The summed E-state index contributed by atoms with van der Waals surface area (Å²) in [5.41, 5.74) is 4.57. The van der Waals surface area contributed by atoms with Crippen molar-refractivity contribution in [3.63, 3.8) is 0 Å². The van der Waals surface area contributed by atoms with Gasteiger partial charge in [-0.2, -0.15) is 5.10 Å². The molecule has 4 aromatic rings. The third kappa shape index (κ3) is 6.58. The van der Waals surface area contributed by atoms with Crippen LogP contribution in [0.2, 0.25) is 0 Å². The Labute approximate surface area is 215 Å². The number of carbonyl (C=O) groups excluding carboxylic acids is 2. The van der Waals surface area contributed by atoms with Crippen molar-refractivity contribution in [2.24, 2.45) is 11.0 Å². The Hall–Kier alpha value is -4.52. The van der Waals surface area contributed by atoms with Gasteiger partial charge in [0, 0.05) is 11.1 Å². The molecule has 2 N–H and O–H groups in total. The van der Waals surface area contributed by atoms with Gasteiger partial charge in [0.1, 0.15) is 24.2 Å². The van der Waals surface area contributed by atoms with Gasteiger partial charge in [0.25, 0.3) is 11.8 Å². The number of rotatable bonds is 9. The molecule has 188 valence electrons. The molecule has 0 saturated heterocycles. The molecule has 0 spiro atoms. The van der Waals surface area contributed by atoms with Gasteiger partial charge in [0.2, 0.25) is 0 Å². The van der Waals surface area contributed by atoms with Crippen LogP contribution in [-0.4, -0.2) is 24.1 Å². The molecule has 2 amide bonds. The highest BCUT2D eigenvalue weighted by Gasteiger charge is 2.24. The molecule has 1 unspecified atom stereocenters. The third-order valence-electron chi connectivity index (χ3n) is 5.88. The third-order valence-corrected chi connectivity index (χ3v) is 5.88. The van der Waals surface area contributed by atoms with Crippen molar-refractivity contribution in [3.05, 3.63) is 114 Å². The number of hydrazone groups is 1. The monoisotopic (exact) mass is 497 g/mol. The van der Waals surface area contributed by atoms with Crippen molar-refractivity contribution < 1.29 is 18.7 Å². The number of benzene rings is 4. The molecule has 0 fully saturated rings. The van der Waals surface area contributed by atoms with Crippen LogP contribution in [-0.2, 0) is 11.4 Å². The highest BCUT2D eigenvalue weighted by atomic mass is 19.1. The Balaban J connectivity index is 1.51. The van der Waals surface area contributed by atoms with Crippen LogP contribution in [0, 0.1) is 11.7 Å². The van der Waals surface area contributed by atoms with Crippen LogP contribution in [0.15, 0.2) is 96.1 Å². The van der Waals surface area contributed by atoms with E-state index in [0.717, 1.165) is 21.9 Å². The van der Waals surface area contributed by atoms with Gasteiger partial charge >= 0.3 is 0 Å². The summed E-state index contributed by atoms with van der Waals surface area (Å²) in [6.45, 7) is 4.02. The number of amides is 2. The molecule has 0 saturated carbocycles. The summed E-state index contributed by atoms with van der Waals surface area (Å²) < 4.78 is 19.3. The van der Waals surface area contributed by atoms with Crippen LogP contribution in [0.25, 0.3) is 10.8 Å². The largest absolute Gasteiger partial charge is 0.488 e. The Morgan fingerprint density at radius 2 is 1.62 bits per heavy atom. The number of hydrogen-bond acceptors (Lipinski definition) is 4. The average Bonchev–Trinajstić information content (AvgIpc) is 2.91. The predicted molar refractivity (Wildman–Crippen MR) is 143 cm³/mol. The topological polar surface area (TPSA) is 79.8 Å². The van der Waals surface area contributed by atoms with Crippen molar-refractivity contribution in [1.82, 2.24) is 10.7 Å². The quantitative estimate of drug-likeness (QED) is 0.238. The van der Waals surface area contributed by atoms with Crippen LogP contribution >= 0.6 is 0 Å². The van der Waals surface area contributed by atoms with Crippen LogP contribution in [0.3, 0.4) is 0 Å². The summed E-state index contributed by atoms with van der Waals surface area (Å²) in [6, 6.07) is 25.8. The van der Waals surface area contributed by atoms with E-state index in [1.165, 1.54) is 24.3 Å². The first kappa shape index (κ1) is 25.6. The molecule has 0 radical (unpaired) electrons. The van der Waals surface area contributed by atoms with E-state index in [2.05, 4.69) is 15.8 Å². The lowest BCUT2D eigenvalue weighted by Crippen LogP contribution is -2.48. The van der Waals surface area contributed by atoms with Gasteiger partial charge < -0.3 is 10.1 Å². The molecule has 4 aromatic carbocycles. The molecule has 6 nitrogen and oxygen atoms in total. The van der Waals surface area contributed by atoms with Gasteiger partial charge in [-0.25, -0.2) is 9.82 Å².